The number of methoxy groups -OCH3 is 1. The Bertz CT molecular complexity index is 369. The molecule has 96 valence electrons. The number of carbonyl (C=O) groups is 1. The number of carbonyl (C=O) groups excluding carboxylic acids is 1. The molecule has 17 heavy (non-hydrogen) atoms. The predicted octanol–water partition coefficient (Wildman–Crippen LogP) is 1.66. The minimum atomic E-state index is -1.06. The molecule has 0 spiro atoms. The van der Waals surface area contributed by atoms with Crippen molar-refractivity contribution in [3.63, 3.8) is 0 Å². The van der Waals surface area contributed by atoms with E-state index < -0.39 is 18.5 Å². The maximum absolute atomic E-state index is 13.2. The van der Waals surface area contributed by atoms with Crippen molar-refractivity contribution in [2.24, 2.45) is 10.7 Å². The minimum Gasteiger partial charge on any atom is -0.466 e. The Hall–Kier alpha value is -1.11. The Morgan fingerprint density at radius 1 is 1.53 bits per heavy atom. The molecule has 0 unspecified atom stereocenters. The van der Waals surface area contributed by atoms with Crippen LogP contribution in [0.4, 0.5) is 4.39 Å². The SMILES string of the molecule is C=C(Cl)/C(=N\C(F)=C(\Cl)CN)OCC(=O)OC. The maximum Gasteiger partial charge on any atom is 0.343 e. The van der Waals surface area contributed by atoms with Crippen LogP contribution in [-0.2, 0) is 14.3 Å². The summed E-state index contributed by atoms with van der Waals surface area (Å²) in [5, 5.41) is -0.493. The molecular formula is C9H11Cl2FN2O3. The Labute approximate surface area is 108 Å². The summed E-state index contributed by atoms with van der Waals surface area (Å²) in [6.45, 7) is 2.59. The highest BCUT2D eigenvalue weighted by Gasteiger charge is 2.10. The predicted molar refractivity (Wildman–Crippen MR) is 63.4 cm³/mol. The standard InChI is InChI=1S/C9H11Cl2FN2O3/c1-5(10)9(17-4-7(15)16-2)14-8(12)6(11)3-13/h1,3-4,13H2,2H3/b8-6+,14-9+. The summed E-state index contributed by atoms with van der Waals surface area (Å²) in [7, 11) is 1.17. The second-order valence-corrected chi connectivity index (χ2v) is 3.50. The molecule has 0 saturated carbocycles. The molecule has 0 aliphatic rings. The summed E-state index contributed by atoms with van der Waals surface area (Å²) >= 11 is 10.9. The first-order chi connectivity index (χ1) is 7.92. The van der Waals surface area contributed by atoms with Crippen LogP contribution in [0.2, 0.25) is 0 Å². The van der Waals surface area contributed by atoms with Crippen molar-refractivity contribution in [2.75, 3.05) is 20.3 Å². The lowest BCUT2D eigenvalue weighted by molar-refractivity contribution is -0.143. The molecule has 0 aliphatic heterocycles. The monoisotopic (exact) mass is 284 g/mol. The molecule has 5 nitrogen and oxygen atoms in total. The van der Waals surface area contributed by atoms with Gasteiger partial charge in [-0.1, -0.05) is 29.8 Å². The van der Waals surface area contributed by atoms with Gasteiger partial charge in [0.2, 0.25) is 11.8 Å². The first-order valence-corrected chi connectivity index (χ1v) is 5.05. The highest BCUT2D eigenvalue weighted by atomic mass is 35.5. The molecule has 8 heteroatoms. The zero-order valence-electron chi connectivity index (χ0n) is 9.00. The van der Waals surface area contributed by atoms with E-state index in [1.807, 2.05) is 0 Å². The van der Waals surface area contributed by atoms with E-state index in [0.29, 0.717) is 0 Å². The Morgan fingerprint density at radius 2 is 2.12 bits per heavy atom. The van der Waals surface area contributed by atoms with Crippen molar-refractivity contribution in [1.82, 2.24) is 0 Å². The van der Waals surface area contributed by atoms with E-state index in [9.17, 15) is 9.18 Å². The number of nitrogens with zero attached hydrogens (tertiary/aromatic N) is 1. The zero-order valence-corrected chi connectivity index (χ0v) is 10.5. The largest absolute Gasteiger partial charge is 0.466 e. The third kappa shape index (κ3) is 6.25. The van der Waals surface area contributed by atoms with E-state index in [4.69, 9.17) is 33.7 Å². The Kier molecular flexibility index (Phi) is 7.53. The molecule has 0 bridgehead atoms. The normalized spacial score (nSPS) is 12.9. The number of hydrogen-bond donors (Lipinski definition) is 1. The molecule has 0 aromatic heterocycles. The van der Waals surface area contributed by atoms with Crippen molar-refractivity contribution in [1.29, 1.82) is 0 Å². The molecule has 0 aromatic rings. The van der Waals surface area contributed by atoms with Gasteiger partial charge in [-0.05, 0) is 0 Å². The summed E-state index contributed by atoms with van der Waals surface area (Å²) in [6, 6.07) is 0. The van der Waals surface area contributed by atoms with E-state index in [1.165, 1.54) is 7.11 Å². The Morgan fingerprint density at radius 3 is 2.53 bits per heavy atom. The molecule has 0 aromatic carbocycles. The van der Waals surface area contributed by atoms with E-state index in [-0.39, 0.29) is 22.5 Å². The van der Waals surface area contributed by atoms with Crippen LogP contribution in [0, 0.1) is 0 Å². The second kappa shape index (κ2) is 8.05. The van der Waals surface area contributed by atoms with Gasteiger partial charge in [-0.2, -0.15) is 9.38 Å². The lowest BCUT2D eigenvalue weighted by Gasteiger charge is -2.06. The summed E-state index contributed by atoms with van der Waals surface area (Å²) in [5.41, 5.74) is 5.10. The number of hydrogen-bond acceptors (Lipinski definition) is 5. The Balaban J connectivity index is 4.81. The number of aliphatic imine (C=N–C) groups is 1. The van der Waals surface area contributed by atoms with Gasteiger partial charge in [-0.3, -0.25) is 0 Å². The number of rotatable bonds is 5. The first-order valence-electron chi connectivity index (χ1n) is 4.29. The molecule has 0 amide bonds. The topological polar surface area (TPSA) is 73.9 Å². The average molecular weight is 285 g/mol. The van der Waals surface area contributed by atoms with Gasteiger partial charge in [-0.25, -0.2) is 4.79 Å². The van der Waals surface area contributed by atoms with Crippen molar-refractivity contribution in [3.8, 4) is 0 Å². The number of nitrogens with two attached hydrogens (primary N) is 1. The maximum atomic E-state index is 13.2. The summed E-state index contributed by atoms with van der Waals surface area (Å²) < 4.78 is 22.3. The van der Waals surface area contributed by atoms with E-state index in [1.54, 1.807) is 0 Å². The van der Waals surface area contributed by atoms with Crippen LogP contribution < -0.4 is 5.73 Å². The van der Waals surface area contributed by atoms with Crippen LogP contribution in [0.15, 0.2) is 27.6 Å². The van der Waals surface area contributed by atoms with Gasteiger partial charge in [0.25, 0.3) is 0 Å². The van der Waals surface area contributed by atoms with Crippen LogP contribution >= 0.6 is 23.2 Å². The molecule has 0 radical (unpaired) electrons. The van der Waals surface area contributed by atoms with Crippen LogP contribution in [0.5, 0.6) is 0 Å². The number of esters is 1. The molecule has 2 N–H and O–H groups in total. The highest BCUT2D eigenvalue weighted by Crippen LogP contribution is 2.14. The highest BCUT2D eigenvalue weighted by molar-refractivity contribution is 6.42. The number of ether oxygens (including phenoxy) is 2. The fraction of sp³-hybridized carbons (Fsp3) is 0.333. The fourth-order valence-corrected chi connectivity index (χ4v) is 0.731. The quantitative estimate of drug-likeness (QED) is 0.361. The second-order valence-electron chi connectivity index (χ2n) is 2.59. The summed E-state index contributed by atoms with van der Waals surface area (Å²) in [5.74, 6) is -2.11. The van der Waals surface area contributed by atoms with Gasteiger partial charge in [0.1, 0.15) is 0 Å². The van der Waals surface area contributed by atoms with Crippen molar-refractivity contribution in [2.45, 2.75) is 0 Å². The van der Waals surface area contributed by atoms with Gasteiger partial charge in [0, 0.05) is 6.54 Å². The minimum absolute atomic E-state index is 0.189. The average Bonchev–Trinajstić information content (AvgIpc) is 2.31. The van der Waals surface area contributed by atoms with Crippen LogP contribution in [-0.4, -0.2) is 32.1 Å². The number of halogens is 3. The van der Waals surface area contributed by atoms with Crippen LogP contribution in [0.1, 0.15) is 0 Å². The van der Waals surface area contributed by atoms with Gasteiger partial charge >= 0.3 is 5.97 Å². The smallest absolute Gasteiger partial charge is 0.343 e. The van der Waals surface area contributed by atoms with Crippen molar-refractivity contribution in [3.05, 3.63) is 22.6 Å². The van der Waals surface area contributed by atoms with Gasteiger partial charge in [0.15, 0.2) is 6.61 Å². The lowest BCUT2D eigenvalue weighted by Crippen LogP contribution is -2.15. The van der Waals surface area contributed by atoms with Crippen molar-refractivity contribution >= 4 is 35.1 Å². The third-order valence-corrected chi connectivity index (χ3v) is 1.86. The lowest BCUT2D eigenvalue weighted by atomic mass is 10.5. The van der Waals surface area contributed by atoms with E-state index >= 15 is 0 Å². The molecule has 0 fully saturated rings. The molecule has 0 heterocycles. The molecular weight excluding hydrogens is 274 g/mol. The summed E-state index contributed by atoms with van der Waals surface area (Å²) in [4.78, 5) is 14.1. The summed E-state index contributed by atoms with van der Waals surface area (Å²) in [6.07, 6.45) is 0. The van der Waals surface area contributed by atoms with Crippen molar-refractivity contribution < 1.29 is 18.7 Å². The van der Waals surface area contributed by atoms with E-state index in [0.717, 1.165) is 0 Å². The van der Waals surface area contributed by atoms with Crippen LogP contribution in [0.25, 0.3) is 0 Å². The first kappa shape index (κ1) is 15.9. The fourth-order valence-electron chi connectivity index (χ4n) is 0.591. The zero-order chi connectivity index (χ0) is 13.4. The molecule has 0 aliphatic carbocycles. The molecule has 0 atom stereocenters. The molecule has 0 saturated heterocycles. The van der Waals surface area contributed by atoms with Gasteiger partial charge in [-0.15, -0.1) is 0 Å². The van der Waals surface area contributed by atoms with Crippen LogP contribution in [0.3, 0.4) is 0 Å². The van der Waals surface area contributed by atoms with E-state index in [2.05, 4.69) is 16.3 Å². The van der Waals surface area contributed by atoms with Gasteiger partial charge in [0.05, 0.1) is 17.2 Å². The van der Waals surface area contributed by atoms with Gasteiger partial charge < -0.3 is 15.2 Å². The molecule has 0 rings (SSSR count). The third-order valence-electron chi connectivity index (χ3n) is 1.39.